The predicted octanol–water partition coefficient (Wildman–Crippen LogP) is 3.73. The third-order valence-corrected chi connectivity index (χ3v) is 3.33. The summed E-state index contributed by atoms with van der Waals surface area (Å²) in [6.45, 7) is 0.588. The van der Waals surface area contributed by atoms with Crippen molar-refractivity contribution < 1.29 is 4.39 Å². The monoisotopic (exact) mass is 256 g/mol. The Kier molecular flexibility index (Phi) is 3.31. The summed E-state index contributed by atoms with van der Waals surface area (Å²) in [5.41, 5.74) is 6.84. The third kappa shape index (κ3) is 2.65. The molecule has 2 rings (SSSR count). The first kappa shape index (κ1) is 11.2. The first-order valence-electron chi connectivity index (χ1n) is 4.68. The molecule has 16 heavy (non-hydrogen) atoms. The molecule has 3 N–H and O–H groups in total. The summed E-state index contributed by atoms with van der Waals surface area (Å²) in [6.07, 6.45) is 0. The van der Waals surface area contributed by atoms with Crippen LogP contribution < -0.4 is 11.1 Å². The molecule has 0 aliphatic carbocycles. The van der Waals surface area contributed by atoms with Gasteiger partial charge in [-0.3, -0.25) is 0 Å². The normalized spacial score (nSPS) is 10.4. The molecule has 0 aliphatic heterocycles. The molecule has 2 nitrogen and oxygen atoms in total. The molecular weight excluding hydrogens is 247 g/mol. The molecule has 1 aromatic carbocycles. The van der Waals surface area contributed by atoms with Gasteiger partial charge in [-0.25, -0.2) is 4.39 Å². The van der Waals surface area contributed by atoms with E-state index in [1.165, 1.54) is 23.5 Å². The zero-order valence-electron chi connectivity index (χ0n) is 8.34. The van der Waals surface area contributed by atoms with E-state index in [-0.39, 0.29) is 5.82 Å². The fraction of sp³-hybridized carbons (Fsp3) is 0.0909. The highest BCUT2D eigenvalue weighted by Gasteiger charge is 2.02. The van der Waals surface area contributed by atoms with Crippen LogP contribution in [0.4, 0.5) is 15.8 Å². The van der Waals surface area contributed by atoms with Crippen LogP contribution in [0.25, 0.3) is 0 Å². The summed E-state index contributed by atoms with van der Waals surface area (Å²) in [4.78, 5) is 1.08. The molecule has 0 amide bonds. The first-order valence-corrected chi connectivity index (χ1v) is 5.88. The van der Waals surface area contributed by atoms with Crippen molar-refractivity contribution >= 4 is 34.3 Å². The van der Waals surface area contributed by atoms with E-state index in [4.69, 9.17) is 17.3 Å². The van der Waals surface area contributed by atoms with Gasteiger partial charge in [-0.05, 0) is 30.3 Å². The van der Waals surface area contributed by atoms with E-state index in [9.17, 15) is 4.39 Å². The van der Waals surface area contributed by atoms with Gasteiger partial charge in [0.1, 0.15) is 5.82 Å². The van der Waals surface area contributed by atoms with E-state index in [2.05, 4.69) is 5.32 Å². The van der Waals surface area contributed by atoms with E-state index in [0.29, 0.717) is 17.9 Å². The number of rotatable bonds is 3. The lowest BCUT2D eigenvalue weighted by Gasteiger charge is -2.07. The van der Waals surface area contributed by atoms with Crippen molar-refractivity contribution in [1.29, 1.82) is 0 Å². The predicted molar refractivity (Wildman–Crippen MR) is 67.5 cm³/mol. The van der Waals surface area contributed by atoms with Gasteiger partial charge in [0, 0.05) is 11.4 Å². The number of nitrogens with two attached hydrogens (primary N) is 1. The Hall–Kier alpha value is -1.26. The number of hydrogen-bond acceptors (Lipinski definition) is 3. The van der Waals surface area contributed by atoms with Crippen molar-refractivity contribution in [2.75, 3.05) is 11.1 Å². The standard InChI is InChI=1S/C11H10ClFN2S/c12-11-4-2-8(16-11)6-15-10-5-7(13)1-3-9(10)14/h1-5,15H,6,14H2. The molecule has 0 radical (unpaired) electrons. The molecule has 5 heteroatoms. The van der Waals surface area contributed by atoms with Crippen LogP contribution in [0.15, 0.2) is 30.3 Å². The van der Waals surface area contributed by atoms with Gasteiger partial charge in [0.25, 0.3) is 0 Å². The summed E-state index contributed by atoms with van der Waals surface area (Å²) >= 11 is 7.29. The zero-order chi connectivity index (χ0) is 11.5. The highest BCUT2D eigenvalue weighted by Crippen LogP contribution is 2.24. The number of halogens is 2. The molecule has 0 saturated heterocycles. The maximum Gasteiger partial charge on any atom is 0.125 e. The molecule has 0 aliphatic rings. The third-order valence-electron chi connectivity index (χ3n) is 2.10. The van der Waals surface area contributed by atoms with Crippen molar-refractivity contribution in [3.05, 3.63) is 45.4 Å². The number of benzene rings is 1. The van der Waals surface area contributed by atoms with Crippen molar-refractivity contribution in [3.8, 4) is 0 Å². The fourth-order valence-electron chi connectivity index (χ4n) is 1.31. The van der Waals surface area contributed by atoms with Crippen LogP contribution in [-0.2, 0) is 6.54 Å². The van der Waals surface area contributed by atoms with E-state index >= 15 is 0 Å². The molecule has 84 valence electrons. The van der Waals surface area contributed by atoms with Gasteiger partial charge in [0.05, 0.1) is 15.7 Å². The van der Waals surface area contributed by atoms with E-state index in [1.807, 2.05) is 12.1 Å². The number of hydrogen-bond donors (Lipinski definition) is 2. The zero-order valence-corrected chi connectivity index (χ0v) is 9.91. The van der Waals surface area contributed by atoms with E-state index in [0.717, 1.165) is 9.21 Å². The lowest BCUT2D eigenvalue weighted by atomic mass is 10.2. The highest BCUT2D eigenvalue weighted by atomic mass is 35.5. The lowest BCUT2D eigenvalue weighted by Crippen LogP contribution is -2.01. The minimum absolute atomic E-state index is 0.305. The molecule has 0 fully saturated rings. The van der Waals surface area contributed by atoms with Crippen molar-refractivity contribution in [3.63, 3.8) is 0 Å². The van der Waals surface area contributed by atoms with Crippen LogP contribution in [0.2, 0.25) is 4.34 Å². The van der Waals surface area contributed by atoms with Crippen LogP contribution in [-0.4, -0.2) is 0 Å². The topological polar surface area (TPSA) is 38.0 Å². The molecule has 1 heterocycles. The van der Waals surface area contributed by atoms with Gasteiger partial charge in [-0.1, -0.05) is 11.6 Å². The van der Waals surface area contributed by atoms with Gasteiger partial charge >= 0.3 is 0 Å². The van der Waals surface area contributed by atoms with E-state index < -0.39 is 0 Å². The van der Waals surface area contributed by atoms with Gasteiger partial charge in [-0.2, -0.15) is 0 Å². The number of anilines is 2. The van der Waals surface area contributed by atoms with Gasteiger partial charge in [0.2, 0.25) is 0 Å². The first-order chi connectivity index (χ1) is 7.65. The van der Waals surface area contributed by atoms with Gasteiger partial charge in [-0.15, -0.1) is 11.3 Å². The van der Waals surface area contributed by atoms with Crippen molar-refractivity contribution in [1.82, 2.24) is 0 Å². The summed E-state index contributed by atoms with van der Waals surface area (Å²) in [5.74, 6) is -0.305. The Morgan fingerprint density at radius 3 is 2.81 bits per heavy atom. The van der Waals surface area contributed by atoms with Crippen LogP contribution in [0.5, 0.6) is 0 Å². The maximum absolute atomic E-state index is 13.0. The molecule has 2 aromatic rings. The number of nitrogen functional groups attached to an aromatic ring is 1. The fourth-order valence-corrected chi connectivity index (χ4v) is 2.34. The van der Waals surface area contributed by atoms with Crippen LogP contribution in [0.3, 0.4) is 0 Å². The summed E-state index contributed by atoms with van der Waals surface area (Å²) in [7, 11) is 0. The Morgan fingerprint density at radius 1 is 1.31 bits per heavy atom. The number of nitrogens with one attached hydrogen (secondary N) is 1. The molecule has 0 unspecified atom stereocenters. The summed E-state index contributed by atoms with van der Waals surface area (Å²) in [5, 5.41) is 3.07. The number of thiophene rings is 1. The second-order valence-electron chi connectivity index (χ2n) is 3.29. The SMILES string of the molecule is Nc1ccc(F)cc1NCc1ccc(Cl)s1. The van der Waals surface area contributed by atoms with Gasteiger partial charge < -0.3 is 11.1 Å². The quantitative estimate of drug-likeness (QED) is 0.821. The molecule has 1 aromatic heterocycles. The molecule has 0 saturated carbocycles. The Balaban J connectivity index is 2.07. The highest BCUT2D eigenvalue weighted by molar-refractivity contribution is 7.16. The molecule has 0 bridgehead atoms. The summed E-state index contributed by atoms with van der Waals surface area (Å²) in [6, 6.07) is 8.01. The summed E-state index contributed by atoms with van der Waals surface area (Å²) < 4.78 is 13.7. The van der Waals surface area contributed by atoms with E-state index in [1.54, 1.807) is 6.07 Å². The largest absolute Gasteiger partial charge is 0.397 e. The lowest BCUT2D eigenvalue weighted by molar-refractivity contribution is 0.628. The van der Waals surface area contributed by atoms with Crippen molar-refractivity contribution in [2.24, 2.45) is 0 Å². The Morgan fingerprint density at radius 2 is 2.12 bits per heavy atom. The van der Waals surface area contributed by atoms with Crippen molar-refractivity contribution in [2.45, 2.75) is 6.54 Å². The second-order valence-corrected chi connectivity index (χ2v) is 5.09. The minimum atomic E-state index is -0.305. The second kappa shape index (κ2) is 4.72. The average Bonchev–Trinajstić information content (AvgIpc) is 2.66. The van der Waals surface area contributed by atoms with Crippen LogP contribution in [0.1, 0.15) is 4.88 Å². The Labute approximate surface area is 102 Å². The molecule has 0 atom stereocenters. The Bertz CT molecular complexity index is 498. The minimum Gasteiger partial charge on any atom is -0.397 e. The molecular formula is C11H10ClFN2S. The van der Waals surface area contributed by atoms with Gasteiger partial charge in [0.15, 0.2) is 0 Å². The molecule has 0 spiro atoms. The van der Waals surface area contributed by atoms with Crippen LogP contribution >= 0.6 is 22.9 Å². The maximum atomic E-state index is 13.0. The smallest absolute Gasteiger partial charge is 0.125 e. The van der Waals surface area contributed by atoms with Crippen LogP contribution in [0, 0.1) is 5.82 Å². The average molecular weight is 257 g/mol.